The van der Waals surface area contributed by atoms with Crippen molar-refractivity contribution in [3.8, 4) is 5.75 Å². The Labute approximate surface area is 114 Å². The summed E-state index contributed by atoms with van der Waals surface area (Å²) in [6.07, 6.45) is 1.74. The van der Waals surface area contributed by atoms with Crippen LogP contribution in [0.1, 0.15) is 19.4 Å². The van der Waals surface area contributed by atoms with Crippen molar-refractivity contribution in [2.75, 3.05) is 7.11 Å². The predicted octanol–water partition coefficient (Wildman–Crippen LogP) is 2.71. The second-order valence-corrected chi connectivity index (χ2v) is 4.64. The molecule has 0 fully saturated rings. The van der Waals surface area contributed by atoms with Gasteiger partial charge in [-0.3, -0.25) is 0 Å². The maximum Gasteiger partial charge on any atom is 0.315 e. The number of hydrogen-bond acceptors (Lipinski definition) is 2. The van der Waals surface area contributed by atoms with Gasteiger partial charge in [-0.2, -0.15) is 0 Å². The third kappa shape index (κ3) is 4.66. The molecule has 0 spiro atoms. The molecular formula is C15H22N2O2. The summed E-state index contributed by atoms with van der Waals surface area (Å²) in [5, 5.41) is 5.68. The lowest BCUT2D eigenvalue weighted by atomic mass is 10.1. The molecule has 0 radical (unpaired) electrons. The van der Waals surface area contributed by atoms with Gasteiger partial charge < -0.3 is 15.4 Å². The molecule has 104 valence electrons. The Bertz CT molecular complexity index is 430. The minimum absolute atomic E-state index is 0.0299. The van der Waals surface area contributed by atoms with Crippen molar-refractivity contribution < 1.29 is 9.53 Å². The van der Waals surface area contributed by atoms with Crippen molar-refractivity contribution in [3.63, 3.8) is 0 Å². The second kappa shape index (κ2) is 7.46. The van der Waals surface area contributed by atoms with Crippen molar-refractivity contribution in [3.05, 3.63) is 42.5 Å². The van der Waals surface area contributed by atoms with Gasteiger partial charge in [0.15, 0.2) is 0 Å². The van der Waals surface area contributed by atoms with Crippen LogP contribution in [0.5, 0.6) is 5.75 Å². The molecule has 4 nitrogen and oxygen atoms in total. The summed E-state index contributed by atoms with van der Waals surface area (Å²) in [5.41, 5.74) is 0.944. The third-order valence-electron chi connectivity index (χ3n) is 2.90. The van der Waals surface area contributed by atoms with Gasteiger partial charge in [-0.05, 0) is 12.0 Å². The number of carbonyl (C=O) groups is 1. The van der Waals surface area contributed by atoms with Crippen LogP contribution in [0.15, 0.2) is 36.9 Å². The van der Waals surface area contributed by atoms with Crippen molar-refractivity contribution in [1.82, 2.24) is 10.6 Å². The highest BCUT2D eigenvalue weighted by Crippen LogP contribution is 2.16. The van der Waals surface area contributed by atoms with Gasteiger partial charge >= 0.3 is 6.03 Å². The number of para-hydroxylation sites is 1. The Kier molecular flexibility index (Phi) is 5.93. The first kappa shape index (κ1) is 15.1. The van der Waals surface area contributed by atoms with Crippen molar-refractivity contribution in [1.29, 1.82) is 0 Å². The van der Waals surface area contributed by atoms with E-state index < -0.39 is 0 Å². The quantitative estimate of drug-likeness (QED) is 0.774. The topological polar surface area (TPSA) is 50.4 Å². The Hall–Kier alpha value is -1.97. The van der Waals surface area contributed by atoms with Crippen LogP contribution in [-0.4, -0.2) is 19.2 Å². The Morgan fingerprint density at radius 2 is 2.11 bits per heavy atom. The van der Waals surface area contributed by atoms with Crippen LogP contribution in [-0.2, 0) is 6.54 Å². The van der Waals surface area contributed by atoms with Crippen molar-refractivity contribution >= 4 is 6.03 Å². The summed E-state index contributed by atoms with van der Waals surface area (Å²) >= 11 is 0. The van der Waals surface area contributed by atoms with Gasteiger partial charge in [0, 0.05) is 12.1 Å². The summed E-state index contributed by atoms with van der Waals surface area (Å²) in [6, 6.07) is 7.37. The number of urea groups is 1. The van der Waals surface area contributed by atoms with Crippen LogP contribution in [0.25, 0.3) is 0 Å². The molecule has 4 heteroatoms. The largest absolute Gasteiger partial charge is 0.496 e. The number of amides is 2. The molecule has 0 unspecified atom stereocenters. The number of rotatable bonds is 6. The summed E-state index contributed by atoms with van der Waals surface area (Å²) < 4.78 is 5.23. The molecule has 0 aliphatic rings. The highest BCUT2D eigenvalue weighted by atomic mass is 16.5. The lowest BCUT2D eigenvalue weighted by Gasteiger charge is -2.19. The minimum atomic E-state index is -0.204. The van der Waals surface area contributed by atoms with Crippen molar-refractivity contribution in [2.45, 2.75) is 26.4 Å². The molecule has 19 heavy (non-hydrogen) atoms. The number of carbonyl (C=O) groups excluding carboxylic acids is 1. The van der Waals surface area contributed by atoms with Gasteiger partial charge in [0.2, 0.25) is 0 Å². The van der Waals surface area contributed by atoms with E-state index in [1.54, 1.807) is 13.2 Å². The zero-order chi connectivity index (χ0) is 14.3. The molecule has 0 saturated heterocycles. The van der Waals surface area contributed by atoms with E-state index in [4.69, 9.17) is 4.74 Å². The van der Waals surface area contributed by atoms with E-state index >= 15 is 0 Å². The summed E-state index contributed by atoms with van der Waals surface area (Å²) in [7, 11) is 1.62. The third-order valence-corrected chi connectivity index (χ3v) is 2.90. The van der Waals surface area contributed by atoms with Crippen LogP contribution >= 0.6 is 0 Å². The monoisotopic (exact) mass is 262 g/mol. The van der Waals surface area contributed by atoms with E-state index in [-0.39, 0.29) is 12.1 Å². The van der Waals surface area contributed by atoms with Crippen LogP contribution in [0.3, 0.4) is 0 Å². The average molecular weight is 262 g/mol. The molecular weight excluding hydrogens is 240 g/mol. The maximum atomic E-state index is 11.8. The fourth-order valence-electron chi connectivity index (χ4n) is 1.72. The molecule has 0 heterocycles. The van der Waals surface area contributed by atoms with E-state index in [0.717, 1.165) is 11.3 Å². The SMILES string of the molecule is C=C[C@H](NC(=O)NCc1ccccc1OC)C(C)C. The summed E-state index contributed by atoms with van der Waals surface area (Å²) in [6.45, 7) is 8.22. The Morgan fingerprint density at radius 3 is 2.68 bits per heavy atom. The van der Waals surface area contributed by atoms with Gasteiger partial charge in [0.05, 0.1) is 13.2 Å². The molecule has 1 aromatic carbocycles. The Morgan fingerprint density at radius 1 is 1.42 bits per heavy atom. The molecule has 0 aliphatic carbocycles. The normalized spacial score (nSPS) is 11.8. The minimum Gasteiger partial charge on any atom is -0.496 e. The molecule has 1 rings (SSSR count). The van der Waals surface area contributed by atoms with Gasteiger partial charge in [0.1, 0.15) is 5.75 Å². The molecule has 1 atom stereocenters. The highest BCUT2D eigenvalue weighted by Gasteiger charge is 2.12. The molecule has 2 N–H and O–H groups in total. The second-order valence-electron chi connectivity index (χ2n) is 4.64. The smallest absolute Gasteiger partial charge is 0.315 e. The number of benzene rings is 1. The lowest BCUT2D eigenvalue weighted by Crippen LogP contribution is -2.43. The lowest BCUT2D eigenvalue weighted by molar-refractivity contribution is 0.235. The molecule has 1 aromatic rings. The van der Waals surface area contributed by atoms with Gasteiger partial charge in [-0.15, -0.1) is 6.58 Å². The standard InChI is InChI=1S/C15H22N2O2/c1-5-13(11(2)3)17-15(18)16-10-12-8-6-7-9-14(12)19-4/h5-9,11,13H,1,10H2,2-4H3,(H2,16,17,18)/t13-/m0/s1. The van der Waals surface area contributed by atoms with Crippen molar-refractivity contribution in [2.24, 2.45) is 5.92 Å². The van der Waals surface area contributed by atoms with Crippen LogP contribution in [0.2, 0.25) is 0 Å². The van der Waals surface area contributed by atoms with Crippen LogP contribution in [0, 0.1) is 5.92 Å². The zero-order valence-electron chi connectivity index (χ0n) is 11.8. The summed E-state index contributed by atoms with van der Waals surface area (Å²) in [4.78, 5) is 11.8. The number of ether oxygens (including phenoxy) is 1. The fourth-order valence-corrected chi connectivity index (χ4v) is 1.72. The van der Waals surface area contributed by atoms with Crippen LogP contribution in [0.4, 0.5) is 4.79 Å². The predicted molar refractivity (Wildman–Crippen MR) is 77.2 cm³/mol. The first-order chi connectivity index (χ1) is 9.08. The molecule has 0 saturated carbocycles. The number of nitrogens with one attached hydrogen (secondary N) is 2. The van der Waals surface area contributed by atoms with Crippen LogP contribution < -0.4 is 15.4 Å². The number of methoxy groups -OCH3 is 1. The first-order valence-corrected chi connectivity index (χ1v) is 6.37. The average Bonchev–Trinajstić information content (AvgIpc) is 2.42. The molecule has 2 amide bonds. The number of hydrogen-bond donors (Lipinski definition) is 2. The van der Waals surface area contributed by atoms with E-state index in [9.17, 15) is 4.79 Å². The maximum absolute atomic E-state index is 11.8. The summed E-state index contributed by atoms with van der Waals surface area (Å²) in [5.74, 6) is 1.08. The van der Waals surface area contributed by atoms with Gasteiger partial charge in [-0.1, -0.05) is 38.1 Å². The molecule has 0 aliphatic heterocycles. The van der Waals surface area contributed by atoms with E-state index in [1.165, 1.54) is 0 Å². The van der Waals surface area contributed by atoms with Gasteiger partial charge in [0.25, 0.3) is 0 Å². The Balaban J connectivity index is 2.52. The van der Waals surface area contributed by atoms with E-state index in [1.807, 2.05) is 38.1 Å². The molecule has 0 bridgehead atoms. The van der Waals surface area contributed by atoms with Gasteiger partial charge in [-0.25, -0.2) is 4.79 Å². The zero-order valence-corrected chi connectivity index (χ0v) is 11.8. The van der Waals surface area contributed by atoms with E-state index in [0.29, 0.717) is 12.5 Å². The first-order valence-electron chi connectivity index (χ1n) is 6.37. The fraction of sp³-hybridized carbons (Fsp3) is 0.400. The van der Waals surface area contributed by atoms with E-state index in [2.05, 4.69) is 17.2 Å². The molecule has 0 aromatic heterocycles. The highest BCUT2D eigenvalue weighted by molar-refractivity contribution is 5.74.